The third-order valence-electron chi connectivity index (χ3n) is 4.65. The molecule has 1 fully saturated rings. The maximum Gasteiger partial charge on any atom is 0.258 e. The van der Waals surface area contributed by atoms with Crippen LogP contribution in [0.15, 0.2) is 28.0 Å². The van der Waals surface area contributed by atoms with Crippen molar-refractivity contribution in [2.75, 3.05) is 0 Å². The molecule has 6 heteroatoms. The lowest BCUT2D eigenvalue weighted by atomic mass is 9.92. The van der Waals surface area contributed by atoms with Crippen molar-refractivity contribution in [3.05, 3.63) is 39.9 Å². The molecule has 1 aromatic heterocycles. The molecule has 0 amide bonds. The van der Waals surface area contributed by atoms with Crippen LogP contribution in [0.25, 0.3) is 10.9 Å². The van der Waals surface area contributed by atoms with Gasteiger partial charge in [-0.25, -0.2) is 4.98 Å². The highest BCUT2D eigenvalue weighted by molar-refractivity contribution is 8.13. The minimum Gasteiger partial charge on any atom is -0.360 e. The monoisotopic (exact) mass is 328 g/mol. The molecule has 2 atom stereocenters. The van der Waals surface area contributed by atoms with E-state index in [1.165, 1.54) is 25.7 Å². The fourth-order valence-corrected chi connectivity index (χ4v) is 4.27. The number of hydrogen-bond acceptors (Lipinski definition) is 5. The smallest absolute Gasteiger partial charge is 0.258 e. The van der Waals surface area contributed by atoms with Gasteiger partial charge >= 0.3 is 0 Å². The van der Waals surface area contributed by atoms with Gasteiger partial charge in [-0.1, -0.05) is 36.7 Å². The lowest BCUT2D eigenvalue weighted by Crippen LogP contribution is -2.36. The molecule has 0 bridgehead atoms. The maximum absolute atomic E-state index is 12.2. The summed E-state index contributed by atoms with van der Waals surface area (Å²) >= 11 is 1.63. The van der Waals surface area contributed by atoms with Crippen molar-refractivity contribution in [3.63, 3.8) is 0 Å². The van der Waals surface area contributed by atoms with Gasteiger partial charge in [-0.05, 0) is 31.4 Å². The van der Waals surface area contributed by atoms with Gasteiger partial charge < -0.3 is 10.3 Å². The summed E-state index contributed by atoms with van der Waals surface area (Å²) in [5.41, 5.74) is 1.76. The van der Waals surface area contributed by atoms with E-state index in [4.69, 9.17) is 4.99 Å². The first-order chi connectivity index (χ1) is 11.2. The summed E-state index contributed by atoms with van der Waals surface area (Å²) < 4.78 is 0. The Balaban J connectivity index is 1.52. The summed E-state index contributed by atoms with van der Waals surface area (Å²) in [6.45, 7) is 1.99. The molecule has 0 saturated heterocycles. The fourth-order valence-electron chi connectivity index (χ4n) is 3.42. The molecule has 1 aliphatic carbocycles. The largest absolute Gasteiger partial charge is 0.360 e. The summed E-state index contributed by atoms with van der Waals surface area (Å²) in [7, 11) is 0. The summed E-state index contributed by atoms with van der Waals surface area (Å²) in [6, 6.07) is 6.65. The van der Waals surface area contributed by atoms with Crippen LogP contribution >= 0.6 is 11.8 Å². The first-order valence-electron chi connectivity index (χ1n) is 8.16. The minimum atomic E-state index is -0.0655. The van der Waals surface area contributed by atoms with Crippen molar-refractivity contribution >= 4 is 27.8 Å². The van der Waals surface area contributed by atoms with E-state index >= 15 is 0 Å². The average molecular weight is 328 g/mol. The highest BCUT2D eigenvalue weighted by Crippen LogP contribution is 2.27. The van der Waals surface area contributed by atoms with Gasteiger partial charge in [0.05, 0.1) is 28.7 Å². The minimum absolute atomic E-state index is 0.0655. The van der Waals surface area contributed by atoms with E-state index in [9.17, 15) is 4.79 Å². The second-order valence-corrected chi connectivity index (χ2v) is 7.27. The summed E-state index contributed by atoms with van der Waals surface area (Å²) in [6.07, 6.45) is 4.97. The number of thioether (sulfide) groups is 1. The standard InChI is InChI=1S/C17H20N4OS/c1-10-5-4-6-11-15(10)20-14(21-16(11)22)9-23-17-18-12-7-2-3-8-13(12)19-17/h4-6,12-13H,2-3,7-9H2,1H3,(H,18,19)(H,20,21,22). The number of aromatic nitrogens is 2. The zero-order valence-corrected chi connectivity index (χ0v) is 13.9. The number of hydrogen-bond donors (Lipinski definition) is 2. The number of aromatic amines is 1. The van der Waals surface area contributed by atoms with Crippen LogP contribution in [-0.2, 0) is 5.75 Å². The molecule has 1 saturated carbocycles. The molecule has 1 aromatic carbocycles. The van der Waals surface area contributed by atoms with E-state index in [1.54, 1.807) is 11.8 Å². The van der Waals surface area contributed by atoms with Crippen LogP contribution in [-0.4, -0.2) is 27.2 Å². The van der Waals surface area contributed by atoms with Crippen LogP contribution in [0.1, 0.15) is 37.1 Å². The van der Waals surface area contributed by atoms with Crippen LogP contribution in [0.4, 0.5) is 0 Å². The Morgan fingerprint density at radius 2 is 2.17 bits per heavy atom. The SMILES string of the molecule is Cc1cccc2c(=O)[nH]c(CSC3=NC4CCCCC4N3)nc12. The molecule has 0 radical (unpaired) electrons. The van der Waals surface area contributed by atoms with Crippen molar-refractivity contribution in [3.8, 4) is 0 Å². The number of nitrogens with zero attached hydrogens (tertiary/aromatic N) is 2. The molecule has 4 rings (SSSR count). The fraction of sp³-hybridized carbons (Fsp3) is 0.471. The van der Waals surface area contributed by atoms with Gasteiger partial charge in [0, 0.05) is 0 Å². The molecule has 2 N–H and O–H groups in total. The van der Waals surface area contributed by atoms with Crippen LogP contribution in [0.5, 0.6) is 0 Å². The van der Waals surface area contributed by atoms with Gasteiger partial charge in [0.15, 0.2) is 5.17 Å². The van der Waals surface area contributed by atoms with Crippen molar-refractivity contribution in [1.29, 1.82) is 0 Å². The molecule has 5 nitrogen and oxygen atoms in total. The highest BCUT2D eigenvalue weighted by Gasteiger charge is 2.30. The maximum atomic E-state index is 12.2. The predicted octanol–water partition coefficient (Wildman–Crippen LogP) is 2.74. The third kappa shape index (κ3) is 2.87. The first kappa shape index (κ1) is 14.8. The van der Waals surface area contributed by atoms with Crippen molar-refractivity contribution in [2.45, 2.75) is 50.4 Å². The Morgan fingerprint density at radius 1 is 1.30 bits per heavy atom. The lowest BCUT2D eigenvalue weighted by molar-refractivity contribution is 0.385. The van der Waals surface area contributed by atoms with E-state index in [0.717, 1.165) is 16.2 Å². The van der Waals surface area contributed by atoms with Gasteiger partial charge in [-0.3, -0.25) is 9.79 Å². The van der Waals surface area contributed by atoms with Crippen LogP contribution in [0.2, 0.25) is 0 Å². The Morgan fingerprint density at radius 3 is 3.04 bits per heavy atom. The number of aryl methyl sites for hydroxylation is 1. The number of aliphatic imine (C=N–C) groups is 1. The second kappa shape index (κ2) is 6.00. The van der Waals surface area contributed by atoms with Crippen molar-refractivity contribution < 1.29 is 0 Å². The number of H-pyrrole nitrogens is 1. The molecule has 2 unspecified atom stereocenters. The molecule has 1 aliphatic heterocycles. The quantitative estimate of drug-likeness (QED) is 0.889. The Labute approximate surface area is 139 Å². The number of nitrogens with one attached hydrogen (secondary N) is 2. The number of benzene rings is 1. The number of fused-ring (bicyclic) bond motifs is 2. The van der Waals surface area contributed by atoms with Crippen LogP contribution in [0.3, 0.4) is 0 Å². The highest BCUT2D eigenvalue weighted by atomic mass is 32.2. The van der Waals surface area contributed by atoms with E-state index in [2.05, 4.69) is 15.3 Å². The zero-order chi connectivity index (χ0) is 15.8. The Bertz CT molecular complexity index is 829. The van der Waals surface area contributed by atoms with Crippen LogP contribution in [0, 0.1) is 6.92 Å². The Kier molecular flexibility index (Phi) is 3.85. The summed E-state index contributed by atoms with van der Waals surface area (Å²) in [5.74, 6) is 1.34. The van der Waals surface area contributed by atoms with Gasteiger partial charge in [0.2, 0.25) is 0 Å². The molecular formula is C17H20N4OS. The second-order valence-electron chi connectivity index (χ2n) is 6.31. The van der Waals surface area contributed by atoms with E-state index in [-0.39, 0.29) is 5.56 Å². The van der Waals surface area contributed by atoms with Gasteiger partial charge in [-0.15, -0.1) is 0 Å². The predicted molar refractivity (Wildman–Crippen MR) is 95.0 cm³/mol. The molecule has 2 aliphatic rings. The summed E-state index contributed by atoms with van der Waals surface area (Å²) in [4.78, 5) is 24.5. The zero-order valence-electron chi connectivity index (χ0n) is 13.1. The van der Waals surface area contributed by atoms with Gasteiger partial charge in [0.1, 0.15) is 5.82 Å². The molecule has 23 heavy (non-hydrogen) atoms. The average Bonchev–Trinajstić information content (AvgIpc) is 2.97. The molecular weight excluding hydrogens is 308 g/mol. The molecule has 2 aromatic rings. The van der Waals surface area contributed by atoms with Crippen molar-refractivity contribution in [2.24, 2.45) is 4.99 Å². The number of amidine groups is 1. The van der Waals surface area contributed by atoms with Crippen molar-refractivity contribution in [1.82, 2.24) is 15.3 Å². The van der Waals surface area contributed by atoms with E-state index < -0.39 is 0 Å². The third-order valence-corrected chi connectivity index (χ3v) is 5.57. The first-order valence-corrected chi connectivity index (χ1v) is 9.15. The topological polar surface area (TPSA) is 70.1 Å². The number of rotatable bonds is 2. The molecule has 0 spiro atoms. The van der Waals surface area contributed by atoms with Crippen LogP contribution < -0.4 is 10.9 Å². The lowest BCUT2D eigenvalue weighted by Gasteiger charge is -2.23. The summed E-state index contributed by atoms with van der Waals surface area (Å²) in [5, 5.41) is 5.17. The molecule has 120 valence electrons. The normalized spacial score (nSPS) is 23.4. The number of para-hydroxylation sites is 1. The van der Waals surface area contributed by atoms with Gasteiger partial charge in [0.25, 0.3) is 5.56 Å². The molecule has 2 heterocycles. The van der Waals surface area contributed by atoms with E-state index in [0.29, 0.717) is 29.0 Å². The van der Waals surface area contributed by atoms with E-state index in [1.807, 2.05) is 25.1 Å². The Hall–Kier alpha value is -1.82. The van der Waals surface area contributed by atoms with Gasteiger partial charge in [-0.2, -0.15) is 0 Å².